The Morgan fingerprint density at radius 1 is 1.33 bits per heavy atom. The van der Waals surface area contributed by atoms with Crippen LogP contribution in [0.2, 0.25) is 0 Å². The van der Waals surface area contributed by atoms with E-state index in [0.29, 0.717) is 11.9 Å². The van der Waals surface area contributed by atoms with Gasteiger partial charge in [-0.3, -0.25) is 4.90 Å². The average Bonchev–Trinajstić information content (AvgIpc) is 2.78. The number of hydrogen-bond acceptors (Lipinski definition) is 4. The lowest BCUT2D eigenvalue weighted by Crippen LogP contribution is -2.47. The molecule has 0 saturated carbocycles. The van der Waals surface area contributed by atoms with E-state index in [-0.39, 0.29) is 6.04 Å². The smallest absolute Gasteiger partial charge is 0.156 e. The minimum absolute atomic E-state index is 0.137. The standard InChI is InChI=1S/C10H19N3O2/c11-10(12-14)9-2-1-5-13(9)8-3-6-15-7-4-8/h8-9,14H,1-7H2,(H2,11,12). The summed E-state index contributed by atoms with van der Waals surface area (Å²) in [6.45, 7) is 2.74. The first-order chi connectivity index (χ1) is 7.33. The summed E-state index contributed by atoms with van der Waals surface area (Å²) in [4.78, 5) is 2.37. The summed E-state index contributed by atoms with van der Waals surface area (Å²) in [6, 6.07) is 0.685. The lowest BCUT2D eigenvalue weighted by atomic mass is 10.1. The van der Waals surface area contributed by atoms with E-state index >= 15 is 0 Å². The molecule has 15 heavy (non-hydrogen) atoms. The van der Waals surface area contributed by atoms with Crippen molar-refractivity contribution in [2.24, 2.45) is 10.9 Å². The first kappa shape index (κ1) is 10.7. The van der Waals surface area contributed by atoms with E-state index < -0.39 is 0 Å². The molecule has 0 amide bonds. The Hall–Kier alpha value is -0.810. The Balaban J connectivity index is 2.00. The van der Waals surface area contributed by atoms with Crippen molar-refractivity contribution in [3.63, 3.8) is 0 Å². The van der Waals surface area contributed by atoms with Crippen molar-refractivity contribution in [1.29, 1.82) is 0 Å². The predicted molar refractivity (Wildman–Crippen MR) is 57.0 cm³/mol. The number of oxime groups is 1. The van der Waals surface area contributed by atoms with Gasteiger partial charge in [0.15, 0.2) is 5.84 Å². The molecule has 0 aromatic heterocycles. The molecule has 2 aliphatic heterocycles. The van der Waals surface area contributed by atoms with Crippen LogP contribution < -0.4 is 5.73 Å². The van der Waals surface area contributed by atoms with Gasteiger partial charge in [-0.2, -0.15) is 0 Å². The average molecular weight is 213 g/mol. The van der Waals surface area contributed by atoms with Gasteiger partial charge in [-0.05, 0) is 32.2 Å². The molecule has 0 spiro atoms. The minimum atomic E-state index is 0.137. The van der Waals surface area contributed by atoms with Crippen LogP contribution >= 0.6 is 0 Å². The van der Waals surface area contributed by atoms with E-state index in [1.54, 1.807) is 0 Å². The number of ether oxygens (including phenoxy) is 1. The maximum absolute atomic E-state index is 8.72. The first-order valence-corrected chi connectivity index (χ1v) is 5.64. The van der Waals surface area contributed by atoms with Crippen molar-refractivity contribution >= 4 is 5.84 Å². The molecule has 0 aromatic carbocycles. The maximum Gasteiger partial charge on any atom is 0.156 e. The number of amidine groups is 1. The van der Waals surface area contributed by atoms with Crippen LogP contribution in [0.5, 0.6) is 0 Å². The van der Waals surface area contributed by atoms with E-state index in [1.807, 2.05) is 0 Å². The fourth-order valence-corrected chi connectivity index (χ4v) is 2.63. The maximum atomic E-state index is 8.72. The predicted octanol–water partition coefficient (Wildman–Crippen LogP) is 0.376. The molecule has 0 aromatic rings. The highest BCUT2D eigenvalue weighted by Gasteiger charge is 2.33. The summed E-state index contributed by atoms with van der Waals surface area (Å²) in [6.07, 6.45) is 4.27. The van der Waals surface area contributed by atoms with Crippen molar-refractivity contribution in [3.8, 4) is 0 Å². The molecule has 0 bridgehead atoms. The summed E-state index contributed by atoms with van der Waals surface area (Å²) < 4.78 is 5.34. The molecule has 2 heterocycles. The number of nitrogens with zero attached hydrogens (tertiary/aromatic N) is 2. The number of hydrogen-bond donors (Lipinski definition) is 2. The van der Waals surface area contributed by atoms with Crippen molar-refractivity contribution in [3.05, 3.63) is 0 Å². The summed E-state index contributed by atoms with van der Waals surface area (Å²) in [5, 5.41) is 11.9. The third-order valence-electron chi connectivity index (χ3n) is 3.41. The summed E-state index contributed by atoms with van der Waals surface area (Å²) in [7, 11) is 0. The number of rotatable bonds is 2. The van der Waals surface area contributed by atoms with Gasteiger partial charge in [0.1, 0.15) is 0 Å². The van der Waals surface area contributed by atoms with Gasteiger partial charge in [-0.1, -0.05) is 5.16 Å². The molecule has 1 atom stereocenters. The van der Waals surface area contributed by atoms with Gasteiger partial charge in [0.2, 0.25) is 0 Å². The highest BCUT2D eigenvalue weighted by Crippen LogP contribution is 2.25. The Morgan fingerprint density at radius 3 is 2.73 bits per heavy atom. The number of likely N-dealkylation sites (tertiary alicyclic amines) is 1. The molecule has 2 saturated heterocycles. The molecule has 2 rings (SSSR count). The second-order valence-corrected chi connectivity index (χ2v) is 4.26. The molecule has 1 unspecified atom stereocenters. The van der Waals surface area contributed by atoms with Crippen molar-refractivity contribution in [1.82, 2.24) is 4.90 Å². The van der Waals surface area contributed by atoms with Crippen molar-refractivity contribution in [2.75, 3.05) is 19.8 Å². The monoisotopic (exact) mass is 213 g/mol. The zero-order valence-electron chi connectivity index (χ0n) is 8.93. The Labute approximate surface area is 89.9 Å². The molecular weight excluding hydrogens is 194 g/mol. The molecular formula is C10H19N3O2. The van der Waals surface area contributed by atoms with Crippen LogP contribution in [0, 0.1) is 0 Å². The van der Waals surface area contributed by atoms with Crippen LogP contribution in [0.1, 0.15) is 25.7 Å². The van der Waals surface area contributed by atoms with E-state index in [2.05, 4.69) is 10.1 Å². The Morgan fingerprint density at radius 2 is 2.07 bits per heavy atom. The van der Waals surface area contributed by atoms with Gasteiger partial charge in [0.25, 0.3) is 0 Å². The topological polar surface area (TPSA) is 71.1 Å². The molecule has 0 radical (unpaired) electrons. The SMILES string of the molecule is NC(=NO)C1CCCN1C1CCOCC1. The van der Waals surface area contributed by atoms with Gasteiger partial charge in [-0.25, -0.2) is 0 Å². The molecule has 3 N–H and O–H groups in total. The highest BCUT2D eigenvalue weighted by atomic mass is 16.5. The second-order valence-electron chi connectivity index (χ2n) is 4.26. The summed E-state index contributed by atoms with van der Waals surface area (Å²) >= 11 is 0. The molecule has 5 heteroatoms. The van der Waals surface area contributed by atoms with E-state index in [0.717, 1.165) is 45.4 Å². The molecule has 0 aliphatic carbocycles. The molecule has 2 fully saturated rings. The third kappa shape index (κ3) is 2.23. The van der Waals surface area contributed by atoms with Crippen molar-refractivity contribution < 1.29 is 9.94 Å². The van der Waals surface area contributed by atoms with Gasteiger partial charge >= 0.3 is 0 Å². The molecule has 5 nitrogen and oxygen atoms in total. The van der Waals surface area contributed by atoms with Crippen molar-refractivity contribution in [2.45, 2.75) is 37.8 Å². The molecule has 86 valence electrons. The summed E-state index contributed by atoms with van der Waals surface area (Å²) in [5.41, 5.74) is 5.70. The van der Waals surface area contributed by atoms with Crippen LogP contribution in [0.25, 0.3) is 0 Å². The van der Waals surface area contributed by atoms with Gasteiger partial charge in [-0.15, -0.1) is 0 Å². The van der Waals surface area contributed by atoms with Crippen LogP contribution in [0.3, 0.4) is 0 Å². The van der Waals surface area contributed by atoms with Gasteiger partial charge in [0, 0.05) is 19.3 Å². The van der Waals surface area contributed by atoms with E-state index in [4.69, 9.17) is 15.7 Å². The lowest BCUT2D eigenvalue weighted by molar-refractivity contribution is 0.0366. The summed E-state index contributed by atoms with van der Waals surface area (Å²) in [5.74, 6) is 0.360. The number of nitrogens with two attached hydrogens (primary N) is 1. The largest absolute Gasteiger partial charge is 0.409 e. The quantitative estimate of drug-likeness (QED) is 0.301. The van der Waals surface area contributed by atoms with E-state index in [1.165, 1.54) is 0 Å². The Kier molecular flexibility index (Phi) is 3.43. The van der Waals surface area contributed by atoms with E-state index in [9.17, 15) is 0 Å². The minimum Gasteiger partial charge on any atom is -0.409 e. The first-order valence-electron chi connectivity index (χ1n) is 5.64. The Bertz CT molecular complexity index is 239. The lowest BCUT2D eigenvalue weighted by Gasteiger charge is -2.34. The fourth-order valence-electron chi connectivity index (χ4n) is 2.63. The zero-order valence-corrected chi connectivity index (χ0v) is 8.93. The zero-order chi connectivity index (χ0) is 10.7. The van der Waals surface area contributed by atoms with Crippen LogP contribution in [-0.2, 0) is 4.74 Å². The van der Waals surface area contributed by atoms with Gasteiger partial charge < -0.3 is 15.7 Å². The van der Waals surface area contributed by atoms with Gasteiger partial charge in [0.05, 0.1) is 6.04 Å². The normalized spacial score (nSPS) is 30.9. The van der Waals surface area contributed by atoms with Crippen LogP contribution in [0.15, 0.2) is 5.16 Å². The highest BCUT2D eigenvalue weighted by molar-refractivity contribution is 5.85. The molecule has 2 aliphatic rings. The fraction of sp³-hybridized carbons (Fsp3) is 0.900. The van der Waals surface area contributed by atoms with Crippen LogP contribution in [-0.4, -0.2) is 47.8 Å². The van der Waals surface area contributed by atoms with Crippen LogP contribution in [0.4, 0.5) is 0 Å². The third-order valence-corrected chi connectivity index (χ3v) is 3.41. The second kappa shape index (κ2) is 4.81.